The summed E-state index contributed by atoms with van der Waals surface area (Å²) in [7, 11) is 3.22. The quantitative estimate of drug-likeness (QED) is 0.773. The largest absolute Gasteiger partial charge is 0.497 e. The minimum Gasteiger partial charge on any atom is -0.497 e. The highest BCUT2D eigenvalue weighted by Gasteiger charge is 2.19. The highest BCUT2D eigenvalue weighted by atomic mass is 16.5. The fraction of sp³-hybridized carbons (Fsp3) is 0.300. The van der Waals surface area contributed by atoms with Crippen LogP contribution in [0.2, 0.25) is 0 Å². The molecule has 2 heterocycles. The highest BCUT2D eigenvalue weighted by molar-refractivity contribution is 5.92. The van der Waals surface area contributed by atoms with Gasteiger partial charge in [0.1, 0.15) is 11.5 Å². The lowest BCUT2D eigenvalue weighted by molar-refractivity contribution is -0.126. The summed E-state index contributed by atoms with van der Waals surface area (Å²) in [6.45, 7) is 3.01. The summed E-state index contributed by atoms with van der Waals surface area (Å²) >= 11 is 0. The number of hydrogen-bond acceptors (Lipinski definition) is 5. The molecule has 1 fully saturated rings. The summed E-state index contributed by atoms with van der Waals surface area (Å²) in [5.41, 5.74) is 1.96. The zero-order valence-corrected chi connectivity index (χ0v) is 15.1. The topological polar surface area (TPSA) is 54.9 Å². The maximum absolute atomic E-state index is 12.5. The van der Waals surface area contributed by atoms with E-state index in [4.69, 9.17) is 9.47 Å². The van der Waals surface area contributed by atoms with Crippen molar-refractivity contribution in [2.24, 2.45) is 0 Å². The molecule has 1 aromatic heterocycles. The number of carbonyl (C=O) groups excluding carboxylic acids is 1. The van der Waals surface area contributed by atoms with Gasteiger partial charge in [0, 0.05) is 55.9 Å². The van der Waals surface area contributed by atoms with Crippen molar-refractivity contribution < 1.29 is 14.3 Å². The predicted octanol–water partition coefficient (Wildman–Crippen LogP) is 2.46. The van der Waals surface area contributed by atoms with Crippen molar-refractivity contribution in [1.29, 1.82) is 0 Å². The van der Waals surface area contributed by atoms with E-state index < -0.39 is 0 Å². The Kier molecular flexibility index (Phi) is 5.73. The van der Waals surface area contributed by atoms with Crippen LogP contribution in [-0.2, 0) is 4.79 Å². The molecule has 26 heavy (non-hydrogen) atoms. The smallest absolute Gasteiger partial charge is 0.246 e. The standard InChI is InChI=1S/C20H23N3O3/c1-25-18-4-5-19(26-2)16(15-18)3-6-20(24)23-13-11-22(12-14-23)17-7-9-21-10-8-17/h3-10,15H,11-14H2,1-2H3/b6-3+. The maximum Gasteiger partial charge on any atom is 0.246 e. The minimum atomic E-state index is 0.00394. The molecule has 1 amide bonds. The van der Waals surface area contributed by atoms with Gasteiger partial charge in [0.05, 0.1) is 14.2 Å². The number of hydrogen-bond donors (Lipinski definition) is 0. The van der Waals surface area contributed by atoms with Crippen molar-refractivity contribution in [2.45, 2.75) is 0 Å². The zero-order valence-electron chi connectivity index (χ0n) is 15.1. The fourth-order valence-electron chi connectivity index (χ4n) is 2.98. The van der Waals surface area contributed by atoms with Crippen molar-refractivity contribution in [2.75, 3.05) is 45.3 Å². The van der Waals surface area contributed by atoms with Crippen LogP contribution < -0.4 is 14.4 Å². The Hall–Kier alpha value is -3.02. The molecule has 0 unspecified atom stereocenters. The van der Waals surface area contributed by atoms with E-state index in [0.29, 0.717) is 18.8 Å². The third kappa shape index (κ3) is 4.14. The zero-order chi connectivity index (χ0) is 18.4. The van der Waals surface area contributed by atoms with Crippen LogP contribution in [0.4, 0.5) is 5.69 Å². The van der Waals surface area contributed by atoms with E-state index in [1.165, 1.54) is 0 Å². The third-order valence-corrected chi connectivity index (χ3v) is 4.46. The lowest BCUT2D eigenvalue weighted by Crippen LogP contribution is -2.48. The van der Waals surface area contributed by atoms with Crippen LogP contribution in [0.15, 0.2) is 48.8 Å². The molecule has 6 heteroatoms. The van der Waals surface area contributed by atoms with Gasteiger partial charge in [-0.25, -0.2) is 0 Å². The first-order valence-corrected chi connectivity index (χ1v) is 8.55. The molecule has 1 saturated heterocycles. The van der Waals surface area contributed by atoms with Crippen LogP contribution in [0.5, 0.6) is 11.5 Å². The van der Waals surface area contributed by atoms with Crippen LogP contribution in [0, 0.1) is 0 Å². The van der Waals surface area contributed by atoms with E-state index in [1.807, 2.05) is 35.2 Å². The Morgan fingerprint density at radius 1 is 1.04 bits per heavy atom. The van der Waals surface area contributed by atoms with Crippen LogP contribution >= 0.6 is 0 Å². The lowest BCUT2D eigenvalue weighted by Gasteiger charge is -2.35. The maximum atomic E-state index is 12.5. The Morgan fingerprint density at radius 3 is 2.42 bits per heavy atom. The molecule has 0 bridgehead atoms. The van der Waals surface area contributed by atoms with Gasteiger partial charge in [0.25, 0.3) is 0 Å². The summed E-state index contributed by atoms with van der Waals surface area (Å²) in [6, 6.07) is 9.50. The number of aromatic nitrogens is 1. The van der Waals surface area contributed by atoms with Crippen molar-refractivity contribution in [3.05, 3.63) is 54.4 Å². The normalized spacial score (nSPS) is 14.5. The first-order valence-electron chi connectivity index (χ1n) is 8.55. The third-order valence-electron chi connectivity index (χ3n) is 4.46. The molecular weight excluding hydrogens is 330 g/mol. The van der Waals surface area contributed by atoms with Crippen LogP contribution in [0.1, 0.15) is 5.56 Å². The van der Waals surface area contributed by atoms with Crippen molar-refractivity contribution >= 4 is 17.7 Å². The van der Waals surface area contributed by atoms with E-state index in [2.05, 4.69) is 9.88 Å². The molecule has 1 aliphatic rings. The predicted molar refractivity (Wildman–Crippen MR) is 102 cm³/mol. The van der Waals surface area contributed by atoms with Crippen molar-refractivity contribution in [3.8, 4) is 11.5 Å². The Balaban J connectivity index is 1.62. The number of pyridine rings is 1. The average molecular weight is 353 g/mol. The van der Waals surface area contributed by atoms with Crippen molar-refractivity contribution in [1.82, 2.24) is 9.88 Å². The van der Waals surface area contributed by atoms with E-state index in [1.54, 1.807) is 38.8 Å². The second kappa shape index (κ2) is 8.38. The summed E-state index contributed by atoms with van der Waals surface area (Å²) in [6.07, 6.45) is 6.95. The SMILES string of the molecule is COc1ccc(OC)c(/C=C/C(=O)N2CCN(c3ccncc3)CC2)c1. The molecule has 136 valence electrons. The molecule has 3 rings (SSSR count). The molecule has 6 nitrogen and oxygen atoms in total. The number of amides is 1. The second-order valence-corrected chi connectivity index (χ2v) is 5.96. The molecule has 1 aliphatic heterocycles. The summed E-state index contributed by atoms with van der Waals surface area (Å²) in [4.78, 5) is 20.7. The van der Waals surface area contributed by atoms with Gasteiger partial charge in [-0.15, -0.1) is 0 Å². The van der Waals surface area contributed by atoms with Gasteiger partial charge in [-0.05, 0) is 36.4 Å². The van der Waals surface area contributed by atoms with E-state index >= 15 is 0 Å². The van der Waals surface area contributed by atoms with Gasteiger partial charge in [-0.2, -0.15) is 0 Å². The molecule has 0 saturated carbocycles. The Bertz CT molecular complexity index is 769. The molecular formula is C20H23N3O3. The number of anilines is 1. The summed E-state index contributed by atoms with van der Waals surface area (Å²) < 4.78 is 10.6. The first kappa shape index (κ1) is 17.8. The molecule has 0 atom stereocenters. The minimum absolute atomic E-state index is 0.00394. The van der Waals surface area contributed by atoms with Crippen LogP contribution in [0.25, 0.3) is 6.08 Å². The van der Waals surface area contributed by atoms with Gasteiger partial charge < -0.3 is 19.3 Å². The van der Waals surface area contributed by atoms with Crippen LogP contribution in [0.3, 0.4) is 0 Å². The molecule has 0 spiro atoms. The van der Waals surface area contributed by atoms with E-state index in [0.717, 1.165) is 30.1 Å². The lowest BCUT2D eigenvalue weighted by atomic mass is 10.1. The monoisotopic (exact) mass is 353 g/mol. The molecule has 0 N–H and O–H groups in total. The summed E-state index contributed by atoms with van der Waals surface area (Å²) in [5, 5.41) is 0. The van der Waals surface area contributed by atoms with Gasteiger partial charge in [0.2, 0.25) is 5.91 Å². The fourth-order valence-corrected chi connectivity index (χ4v) is 2.98. The Morgan fingerprint density at radius 2 is 1.77 bits per heavy atom. The number of nitrogens with zero attached hydrogens (tertiary/aromatic N) is 3. The highest BCUT2D eigenvalue weighted by Crippen LogP contribution is 2.25. The number of ether oxygens (including phenoxy) is 2. The first-order chi connectivity index (χ1) is 12.7. The number of piperazine rings is 1. The van der Waals surface area contributed by atoms with Gasteiger partial charge in [-0.3, -0.25) is 9.78 Å². The van der Waals surface area contributed by atoms with E-state index in [-0.39, 0.29) is 5.91 Å². The Labute approximate surface area is 153 Å². The van der Waals surface area contributed by atoms with Crippen LogP contribution in [-0.4, -0.2) is 56.2 Å². The summed E-state index contributed by atoms with van der Waals surface area (Å²) in [5.74, 6) is 1.44. The number of rotatable bonds is 5. The molecule has 0 aliphatic carbocycles. The number of carbonyl (C=O) groups is 1. The number of methoxy groups -OCH3 is 2. The molecule has 1 aromatic carbocycles. The molecule has 2 aromatic rings. The van der Waals surface area contributed by atoms with E-state index in [9.17, 15) is 4.79 Å². The van der Waals surface area contributed by atoms with Crippen molar-refractivity contribution in [3.63, 3.8) is 0 Å². The van der Waals surface area contributed by atoms with Gasteiger partial charge in [0.15, 0.2) is 0 Å². The van der Waals surface area contributed by atoms with Gasteiger partial charge >= 0.3 is 0 Å². The average Bonchev–Trinajstić information content (AvgIpc) is 2.72. The second-order valence-electron chi connectivity index (χ2n) is 5.96. The molecule has 0 radical (unpaired) electrons. The van der Waals surface area contributed by atoms with Gasteiger partial charge in [-0.1, -0.05) is 0 Å². The number of benzene rings is 1.